The fourth-order valence-corrected chi connectivity index (χ4v) is 1.59. The van der Waals surface area contributed by atoms with Crippen molar-refractivity contribution < 1.29 is 14.7 Å². The number of amides is 2. The molecule has 2 N–H and O–H groups in total. The molecule has 0 radical (unpaired) electrons. The predicted molar refractivity (Wildman–Crippen MR) is 69.7 cm³/mol. The van der Waals surface area contributed by atoms with Gasteiger partial charge in [0, 0.05) is 12.2 Å². The van der Waals surface area contributed by atoms with Crippen LogP contribution in [0.5, 0.6) is 0 Å². The third kappa shape index (κ3) is 4.08. The van der Waals surface area contributed by atoms with Gasteiger partial charge in [-0.2, -0.15) is 0 Å². The summed E-state index contributed by atoms with van der Waals surface area (Å²) < 4.78 is 0. The molecule has 5 nitrogen and oxygen atoms in total. The van der Waals surface area contributed by atoms with Crippen molar-refractivity contribution in [2.45, 2.75) is 20.3 Å². The Balaban J connectivity index is 2.72. The van der Waals surface area contributed by atoms with Crippen LogP contribution >= 0.6 is 0 Å². The number of benzene rings is 1. The van der Waals surface area contributed by atoms with Crippen LogP contribution < -0.4 is 5.32 Å². The second-order valence-electron chi connectivity index (χ2n) is 4.06. The molecule has 2 amide bonds. The number of anilines is 1. The van der Waals surface area contributed by atoms with Crippen molar-refractivity contribution in [2.75, 3.05) is 18.4 Å². The molecule has 0 aliphatic heterocycles. The number of aryl methyl sites for hydroxylation is 1. The van der Waals surface area contributed by atoms with Crippen LogP contribution in [0.15, 0.2) is 24.3 Å². The summed E-state index contributed by atoms with van der Waals surface area (Å²) >= 11 is 0. The van der Waals surface area contributed by atoms with E-state index in [4.69, 9.17) is 5.11 Å². The van der Waals surface area contributed by atoms with E-state index in [-0.39, 0.29) is 12.6 Å². The van der Waals surface area contributed by atoms with Crippen molar-refractivity contribution in [1.29, 1.82) is 0 Å². The predicted octanol–water partition coefficient (Wildman–Crippen LogP) is 2.32. The Morgan fingerprint density at radius 3 is 2.56 bits per heavy atom. The standard InChI is InChI=1S/C13H18N2O3/c1-3-8-15(9-12(16)17)13(18)14-11-7-5-4-6-10(11)2/h4-7H,3,8-9H2,1-2H3,(H,14,18)(H,16,17). The molecule has 1 rings (SSSR count). The summed E-state index contributed by atoms with van der Waals surface area (Å²) in [7, 11) is 0. The molecule has 98 valence electrons. The first-order valence-electron chi connectivity index (χ1n) is 5.88. The summed E-state index contributed by atoms with van der Waals surface area (Å²) in [5.41, 5.74) is 1.65. The molecule has 1 aromatic carbocycles. The Morgan fingerprint density at radius 2 is 2.00 bits per heavy atom. The minimum Gasteiger partial charge on any atom is -0.480 e. The maximum atomic E-state index is 11.9. The van der Waals surface area contributed by atoms with E-state index in [2.05, 4.69) is 5.32 Å². The summed E-state index contributed by atoms with van der Waals surface area (Å²) in [5.74, 6) is -1.01. The van der Waals surface area contributed by atoms with Crippen molar-refractivity contribution in [2.24, 2.45) is 0 Å². The minimum absolute atomic E-state index is 0.286. The second-order valence-corrected chi connectivity index (χ2v) is 4.06. The van der Waals surface area contributed by atoms with Crippen LogP contribution in [0.1, 0.15) is 18.9 Å². The minimum atomic E-state index is -1.01. The van der Waals surface area contributed by atoms with Crippen molar-refractivity contribution in [3.05, 3.63) is 29.8 Å². The first-order valence-corrected chi connectivity index (χ1v) is 5.88. The average Bonchev–Trinajstić information content (AvgIpc) is 2.31. The van der Waals surface area contributed by atoms with E-state index in [0.717, 1.165) is 5.56 Å². The van der Waals surface area contributed by atoms with Gasteiger partial charge in [-0.05, 0) is 25.0 Å². The molecular formula is C13H18N2O3. The Bertz CT molecular complexity index is 432. The van der Waals surface area contributed by atoms with Gasteiger partial charge in [-0.15, -0.1) is 0 Å². The zero-order valence-corrected chi connectivity index (χ0v) is 10.6. The first-order chi connectivity index (χ1) is 8.54. The monoisotopic (exact) mass is 250 g/mol. The molecule has 5 heteroatoms. The highest BCUT2D eigenvalue weighted by atomic mass is 16.4. The smallest absolute Gasteiger partial charge is 0.323 e. The molecular weight excluding hydrogens is 232 g/mol. The summed E-state index contributed by atoms with van der Waals surface area (Å²) in [5, 5.41) is 11.5. The molecule has 0 fully saturated rings. The van der Waals surface area contributed by atoms with Crippen LogP contribution in [-0.2, 0) is 4.79 Å². The van der Waals surface area contributed by atoms with Crippen LogP contribution in [-0.4, -0.2) is 35.1 Å². The van der Waals surface area contributed by atoms with E-state index < -0.39 is 5.97 Å². The summed E-state index contributed by atoms with van der Waals surface area (Å²) in [6, 6.07) is 7.00. The molecule has 0 aliphatic rings. The van der Waals surface area contributed by atoms with Gasteiger partial charge in [0.05, 0.1) is 0 Å². The lowest BCUT2D eigenvalue weighted by molar-refractivity contribution is -0.137. The SMILES string of the molecule is CCCN(CC(=O)O)C(=O)Nc1ccccc1C. The fraction of sp³-hybridized carbons (Fsp3) is 0.385. The highest BCUT2D eigenvalue weighted by Gasteiger charge is 2.16. The van der Waals surface area contributed by atoms with Crippen molar-refractivity contribution in [3.8, 4) is 0 Å². The van der Waals surface area contributed by atoms with Gasteiger partial charge in [0.1, 0.15) is 6.54 Å². The Morgan fingerprint density at radius 1 is 1.33 bits per heavy atom. The van der Waals surface area contributed by atoms with Crippen LogP contribution in [0.3, 0.4) is 0 Å². The highest BCUT2D eigenvalue weighted by Crippen LogP contribution is 2.13. The highest BCUT2D eigenvalue weighted by molar-refractivity contribution is 5.91. The largest absolute Gasteiger partial charge is 0.480 e. The lowest BCUT2D eigenvalue weighted by Crippen LogP contribution is -2.39. The molecule has 0 spiro atoms. The third-order valence-corrected chi connectivity index (χ3v) is 2.49. The molecule has 0 aliphatic carbocycles. The molecule has 0 aromatic heterocycles. The van der Waals surface area contributed by atoms with Gasteiger partial charge in [0.2, 0.25) is 0 Å². The van der Waals surface area contributed by atoms with E-state index >= 15 is 0 Å². The van der Waals surface area contributed by atoms with Crippen molar-refractivity contribution in [1.82, 2.24) is 4.90 Å². The van der Waals surface area contributed by atoms with E-state index in [1.807, 2.05) is 32.0 Å². The Kier molecular flexibility index (Phi) is 5.17. The number of carbonyl (C=O) groups is 2. The molecule has 1 aromatic rings. The van der Waals surface area contributed by atoms with Crippen LogP contribution in [0.4, 0.5) is 10.5 Å². The maximum Gasteiger partial charge on any atom is 0.323 e. The van der Waals surface area contributed by atoms with E-state index in [0.29, 0.717) is 18.7 Å². The lowest BCUT2D eigenvalue weighted by Gasteiger charge is -2.21. The number of carboxylic acid groups (broad SMARTS) is 1. The van der Waals surface area contributed by atoms with Gasteiger partial charge in [-0.1, -0.05) is 25.1 Å². The normalized spacial score (nSPS) is 9.89. The number of rotatable bonds is 5. The lowest BCUT2D eigenvalue weighted by atomic mass is 10.2. The zero-order valence-electron chi connectivity index (χ0n) is 10.6. The fourth-order valence-electron chi connectivity index (χ4n) is 1.59. The van der Waals surface area contributed by atoms with Crippen LogP contribution in [0, 0.1) is 6.92 Å². The number of urea groups is 1. The number of carbonyl (C=O) groups excluding carboxylic acids is 1. The van der Waals surface area contributed by atoms with E-state index in [1.54, 1.807) is 6.07 Å². The van der Waals surface area contributed by atoms with Crippen LogP contribution in [0.2, 0.25) is 0 Å². The average molecular weight is 250 g/mol. The number of carboxylic acids is 1. The van der Waals surface area contributed by atoms with Gasteiger partial charge >= 0.3 is 12.0 Å². The molecule has 0 atom stereocenters. The number of nitrogens with one attached hydrogen (secondary N) is 1. The van der Waals surface area contributed by atoms with Gasteiger partial charge in [-0.3, -0.25) is 4.79 Å². The number of nitrogens with zero attached hydrogens (tertiary/aromatic N) is 1. The van der Waals surface area contributed by atoms with Crippen molar-refractivity contribution >= 4 is 17.7 Å². The molecule has 0 unspecified atom stereocenters. The number of hydrogen-bond donors (Lipinski definition) is 2. The van der Waals surface area contributed by atoms with Crippen molar-refractivity contribution in [3.63, 3.8) is 0 Å². The molecule has 18 heavy (non-hydrogen) atoms. The number of hydrogen-bond acceptors (Lipinski definition) is 2. The maximum absolute atomic E-state index is 11.9. The summed E-state index contributed by atoms with van der Waals surface area (Å²) in [4.78, 5) is 23.9. The second kappa shape index (κ2) is 6.64. The first kappa shape index (κ1) is 14.0. The van der Waals surface area contributed by atoms with Gasteiger partial charge in [0.15, 0.2) is 0 Å². The molecule has 0 heterocycles. The van der Waals surface area contributed by atoms with Gasteiger partial charge < -0.3 is 15.3 Å². The summed E-state index contributed by atoms with van der Waals surface area (Å²) in [6.45, 7) is 3.92. The topological polar surface area (TPSA) is 69.6 Å². The number of para-hydroxylation sites is 1. The van der Waals surface area contributed by atoms with E-state index in [1.165, 1.54) is 4.90 Å². The molecule has 0 bridgehead atoms. The van der Waals surface area contributed by atoms with Gasteiger partial charge in [-0.25, -0.2) is 4.79 Å². The zero-order chi connectivity index (χ0) is 13.5. The molecule has 0 saturated carbocycles. The van der Waals surface area contributed by atoms with Gasteiger partial charge in [0.25, 0.3) is 0 Å². The summed E-state index contributed by atoms with van der Waals surface area (Å²) in [6.07, 6.45) is 0.717. The molecule has 0 saturated heterocycles. The number of aliphatic carboxylic acids is 1. The third-order valence-electron chi connectivity index (χ3n) is 2.49. The Labute approximate surface area is 106 Å². The Hall–Kier alpha value is -2.04. The quantitative estimate of drug-likeness (QED) is 0.842. The van der Waals surface area contributed by atoms with Crippen LogP contribution in [0.25, 0.3) is 0 Å². The van der Waals surface area contributed by atoms with E-state index in [9.17, 15) is 9.59 Å².